The third kappa shape index (κ3) is 4.04. The number of ether oxygens (including phenoxy) is 2. The van der Waals surface area contributed by atoms with Crippen LogP contribution >= 0.6 is 0 Å². The number of halogens is 1. The standard InChI is InChI=1S/C14H19FN2O4/c1-20-14-9-12(11(15)8-13(14)17(18)19)16-6-5-10-4-2-3-7-21-10/h8-10,16H,2-7H2,1H3. The van der Waals surface area contributed by atoms with Gasteiger partial charge in [0.15, 0.2) is 11.6 Å². The molecule has 1 saturated heterocycles. The van der Waals surface area contributed by atoms with Crippen molar-refractivity contribution in [1.29, 1.82) is 0 Å². The van der Waals surface area contributed by atoms with Crippen LogP contribution in [0.2, 0.25) is 0 Å². The van der Waals surface area contributed by atoms with Gasteiger partial charge >= 0.3 is 5.69 Å². The van der Waals surface area contributed by atoms with Gasteiger partial charge < -0.3 is 14.8 Å². The zero-order valence-corrected chi connectivity index (χ0v) is 11.9. The molecule has 116 valence electrons. The predicted molar refractivity (Wildman–Crippen MR) is 76.3 cm³/mol. The van der Waals surface area contributed by atoms with Crippen LogP contribution in [0.3, 0.4) is 0 Å². The van der Waals surface area contributed by atoms with Crippen molar-refractivity contribution >= 4 is 11.4 Å². The summed E-state index contributed by atoms with van der Waals surface area (Å²) in [4.78, 5) is 10.1. The lowest BCUT2D eigenvalue weighted by molar-refractivity contribution is -0.385. The Labute approximate surface area is 122 Å². The number of nitro groups is 1. The Morgan fingerprint density at radius 3 is 2.95 bits per heavy atom. The molecule has 1 aliphatic heterocycles. The first-order valence-electron chi connectivity index (χ1n) is 6.99. The smallest absolute Gasteiger partial charge is 0.313 e. The number of benzene rings is 1. The SMILES string of the molecule is COc1cc(NCCC2CCCCO2)c(F)cc1[N+](=O)[O-]. The van der Waals surface area contributed by atoms with E-state index in [0.717, 1.165) is 38.4 Å². The molecule has 0 aromatic heterocycles. The molecular formula is C14H19FN2O4. The minimum atomic E-state index is -0.665. The maximum Gasteiger partial charge on any atom is 0.313 e. The third-order valence-electron chi connectivity index (χ3n) is 3.52. The van der Waals surface area contributed by atoms with E-state index >= 15 is 0 Å². The zero-order chi connectivity index (χ0) is 15.2. The maximum absolute atomic E-state index is 13.8. The van der Waals surface area contributed by atoms with Gasteiger partial charge in [-0.15, -0.1) is 0 Å². The summed E-state index contributed by atoms with van der Waals surface area (Å²) in [6, 6.07) is 2.19. The Morgan fingerprint density at radius 1 is 1.52 bits per heavy atom. The number of rotatable bonds is 6. The summed E-state index contributed by atoms with van der Waals surface area (Å²) in [5.41, 5.74) is -0.176. The summed E-state index contributed by atoms with van der Waals surface area (Å²) < 4.78 is 24.4. The molecule has 0 aliphatic carbocycles. The first kappa shape index (κ1) is 15.5. The molecule has 0 saturated carbocycles. The number of nitrogens with zero attached hydrogens (tertiary/aromatic N) is 1. The second kappa shape index (κ2) is 7.21. The van der Waals surface area contributed by atoms with Crippen LogP contribution in [0.4, 0.5) is 15.8 Å². The molecule has 2 rings (SSSR count). The van der Waals surface area contributed by atoms with E-state index in [-0.39, 0.29) is 23.2 Å². The van der Waals surface area contributed by atoms with Crippen LogP contribution in [-0.2, 0) is 4.74 Å². The zero-order valence-electron chi connectivity index (χ0n) is 11.9. The highest BCUT2D eigenvalue weighted by Gasteiger charge is 2.19. The van der Waals surface area contributed by atoms with Gasteiger partial charge in [-0.1, -0.05) is 0 Å². The van der Waals surface area contributed by atoms with Gasteiger partial charge in [-0.3, -0.25) is 10.1 Å². The quantitative estimate of drug-likeness (QED) is 0.645. The van der Waals surface area contributed by atoms with Crippen LogP contribution in [0, 0.1) is 15.9 Å². The Balaban J connectivity index is 1.97. The number of anilines is 1. The van der Waals surface area contributed by atoms with Crippen LogP contribution in [0.1, 0.15) is 25.7 Å². The van der Waals surface area contributed by atoms with E-state index in [1.54, 1.807) is 0 Å². The lowest BCUT2D eigenvalue weighted by Crippen LogP contribution is -2.22. The molecule has 1 N–H and O–H groups in total. The van der Waals surface area contributed by atoms with Gasteiger partial charge in [-0.25, -0.2) is 4.39 Å². The van der Waals surface area contributed by atoms with E-state index in [9.17, 15) is 14.5 Å². The molecule has 0 bridgehead atoms. The molecule has 7 heteroatoms. The Morgan fingerprint density at radius 2 is 2.33 bits per heavy atom. The van der Waals surface area contributed by atoms with Crippen molar-refractivity contribution in [3.63, 3.8) is 0 Å². The summed E-state index contributed by atoms with van der Waals surface area (Å²) in [5.74, 6) is -0.620. The number of methoxy groups -OCH3 is 1. The lowest BCUT2D eigenvalue weighted by Gasteiger charge is -2.22. The average molecular weight is 298 g/mol. The van der Waals surface area contributed by atoms with Crippen LogP contribution in [0.5, 0.6) is 5.75 Å². The van der Waals surface area contributed by atoms with Crippen LogP contribution < -0.4 is 10.1 Å². The minimum Gasteiger partial charge on any atom is -0.490 e. The van der Waals surface area contributed by atoms with E-state index in [1.165, 1.54) is 13.2 Å². The fraction of sp³-hybridized carbons (Fsp3) is 0.571. The summed E-state index contributed by atoms with van der Waals surface area (Å²) in [6.07, 6.45) is 4.25. The van der Waals surface area contributed by atoms with Gasteiger partial charge in [0.1, 0.15) is 0 Å². The monoisotopic (exact) mass is 298 g/mol. The molecule has 0 amide bonds. The summed E-state index contributed by atoms with van der Waals surface area (Å²) >= 11 is 0. The van der Waals surface area contributed by atoms with Gasteiger partial charge in [0.25, 0.3) is 0 Å². The summed E-state index contributed by atoms with van der Waals surface area (Å²) in [7, 11) is 1.32. The van der Waals surface area contributed by atoms with Crippen molar-refractivity contribution in [3.8, 4) is 5.75 Å². The second-order valence-corrected chi connectivity index (χ2v) is 4.97. The average Bonchev–Trinajstić information content (AvgIpc) is 2.49. The van der Waals surface area contributed by atoms with Crippen LogP contribution in [0.15, 0.2) is 12.1 Å². The molecule has 0 radical (unpaired) electrons. The number of hydrogen-bond donors (Lipinski definition) is 1. The van der Waals surface area contributed by atoms with Crippen LogP contribution in [0.25, 0.3) is 0 Å². The van der Waals surface area contributed by atoms with Gasteiger partial charge in [-0.05, 0) is 25.7 Å². The Kier molecular flexibility index (Phi) is 5.32. The summed E-state index contributed by atoms with van der Waals surface area (Å²) in [6.45, 7) is 1.33. The highest BCUT2D eigenvalue weighted by atomic mass is 19.1. The van der Waals surface area contributed by atoms with Gasteiger partial charge in [0.05, 0.1) is 29.9 Å². The molecule has 1 heterocycles. The van der Waals surface area contributed by atoms with E-state index in [1.807, 2.05) is 0 Å². The first-order valence-corrected chi connectivity index (χ1v) is 6.99. The van der Waals surface area contributed by atoms with E-state index in [0.29, 0.717) is 6.54 Å². The van der Waals surface area contributed by atoms with E-state index in [4.69, 9.17) is 9.47 Å². The van der Waals surface area contributed by atoms with Crippen molar-refractivity contribution in [2.45, 2.75) is 31.8 Å². The predicted octanol–water partition coefficient (Wildman–Crippen LogP) is 3.11. The number of hydrogen-bond acceptors (Lipinski definition) is 5. The fourth-order valence-corrected chi connectivity index (χ4v) is 2.39. The highest BCUT2D eigenvalue weighted by Crippen LogP contribution is 2.32. The van der Waals surface area contributed by atoms with Crippen molar-refractivity contribution < 1.29 is 18.8 Å². The number of nitrogens with one attached hydrogen (secondary N) is 1. The summed E-state index contributed by atoms with van der Waals surface area (Å²) in [5, 5.41) is 13.7. The van der Waals surface area contributed by atoms with Gasteiger partial charge in [0, 0.05) is 19.2 Å². The highest BCUT2D eigenvalue weighted by molar-refractivity contribution is 5.59. The third-order valence-corrected chi connectivity index (χ3v) is 3.52. The second-order valence-electron chi connectivity index (χ2n) is 4.97. The van der Waals surface area contributed by atoms with E-state index < -0.39 is 10.7 Å². The van der Waals surface area contributed by atoms with Crippen molar-refractivity contribution in [2.24, 2.45) is 0 Å². The van der Waals surface area contributed by atoms with E-state index in [2.05, 4.69) is 5.32 Å². The molecule has 1 aromatic carbocycles. The molecule has 1 aromatic rings. The van der Waals surface area contributed by atoms with Crippen molar-refractivity contribution in [1.82, 2.24) is 0 Å². The Bertz CT molecular complexity index is 504. The first-order chi connectivity index (χ1) is 10.1. The Hall–Kier alpha value is -1.89. The van der Waals surface area contributed by atoms with Crippen molar-refractivity contribution in [3.05, 3.63) is 28.1 Å². The van der Waals surface area contributed by atoms with Gasteiger partial charge in [0.2, 0.25) is 0 Å². The molecule has 21 heavy (non-hydrogen) atoms. The normalized spacial score (nSPS) is 18.3. The maximum atomic E-state index is 13.8. The molecule has 6 nitrogen and oxygen atoms in total. The molecule has 1 fully saturated rings. The molecule has 1 aliphatic rings. The fourth-order valence-electron chi connectivity index (χ4n) is 2.39. The topological polar surface area (TPSA) is 73.6 Å². The number of nitro benzene ring substituents is 1. The lowest BCUT2D eigenvalue weighted by atomic mass is 10.1. The molecule has 0 spiro atoms. The largest absolute Gasteiger partial charge is 0.490 e. The molecule has 1 atom stereocenters. The van der Waals surface area contributed by atoms with Gasteiger partial charge in [-0.2, -0.15) is 0 Å². The molecule has 1 unspecified atom stereocenters. The molecular weight excluding hydrogens is 279 g/mol. The van der Waals surface area contributed by atoms with Crippen molar-refractivity contribution in [2.75, 3.05) is 25.6 Å². The minimum absolute atomic E-state index is 0.0396. The van der Waals surface area contributed by atoms with Crippen LogP contribution in [-0.4, -0.2) is 31.3 Å².